The average molecular weight is 315 g/mol. The third-order valence-corrected chi connectivity index (χ3v) is 4.56. The summed E-state index contributed by atoms with van der Waals surface area (Å²) < 4.78 is 31.8. The summed E-state index contributed by atoms with van der Waals surface area (Å²) in [6, 6.07) is 0. The summed E-state index contributed by atoms with van der Waals surface area (Å²) in [6.45, 7) is 5.33. The molecule has 1 aliphatic rings. The molecule has 1 aromatic heterocycles. The highest BCUT2D eigenvalue weighted by Crippen LogP contribution is 2.40. The molecule has 1 N–H and O–H groups in total. The van der Waals surface area contributed by atoms with Crippen molar-refractivity contribution in [2.45, 2.75) is 76.7 Å². The van der Waals surface area contributed by atoms with Crippen molar-refractivity contribution in [3.05, 3.63) is 11.7 Å². The maximum Gasteiger partial charge on any atom is 0.248 e. The van der Waals surface area contributed by atoms with Crippen LogP contribution in [0.5, 0.6) is 0 Å². The maximum absolute atomic E-state index is 13.2. The van der Waals surface area contributed by atoms with Crippen LogP contribution in [0.25, 0.3) is 0 Å². The molecule has 1 amide bonds. The van der Waals surface area contributed by atoms with Gasteiger partial charge in [0.05, 0.1) is 0 Å². The topological polar surface area (TPSA) is 68.0 Å². The lowest BCUT2D eigenvalue weighted by atomic mass is 9.86. The van der Waals surface area contributed by atoms with Crippen molar-refractivity contribution >= 4 is 5.91 Å². The third kappa shape index (κ3) is 3.44. The summed E-state index contributed by atoms with van der Waals surface area (Å²) >= 11 is 0. The van der Waals surface area contributed by atoms with E-state index in [1.807, 2.05) is 13.8 Å². The van der Waals surface area contributed by atoms with Crippen LogP contribution < -0.4 is 5.32 Å². The molecule has 124 valence electrons. The Balaban J connectivity index is 2.17. The first-order valence-corrected chi connectivity index (χ1v) is 7.82. The van der Waals surface area contributed by atoms with Gasteiger partial charge < -0.3 is 9.84 Å². The minimum Gasteiger partial charge on any atom is -0.343 e. The molecule has 0 bridgehead atoms. The van der Waals surface area contributed by atoms with E-state index in [9.17, 15) is 13.6 Å². The standard InChI is InChI=1S/C15H23F2N3O2/c1-4-14(5-2,19-10(3)21)13-18-12(22-20-13)11-6-8-15(16,17)9-7-11/h11H,4-9H2,1-3H3,(H,19,21). The van der Waals surface area contributed by atoms with Gasteiger partial charge in [0, 0.05) is 25.7 Å². The zero-order valence-corrected chi connectivity index (χ0v) is 13.3. The number of nitrogens with one attached hydrogen (secondary N) is 1. The Kier molecular flexibility index (Phi) is 4.82. The fraction of sp³-hybridized carbons (Fsp3) is 0.800. The van der Waals surface area contributed by atoms with Crippen molar-refractivity contribution in [2.24, 2.45) is 0 Å². The lowest BCUT2D eigenvalue weighted by molar-refractivity contribution is -0.121. The molecule has 7 heteroatoms. The Labute approximate surface area is 128 Å². The fourth-order valence-electron chi connectivity index (χ4n) is 3.02. The maximum atomic E-state index is 13.2. The molecule has 0 unspecified atom stereocenters. The number of alkyl halides is 2. The summed E-state index contributed by atoms with van der Waals surface area (Å²) in [4.78, 5) is 15.9. The second kappa shape index (κ2) is 6.30. The molecule has 0 radical (unpaired) electrons. The van der Waals surface area contributed by atoms with Crippen molar-refractivity contribution in [1.82, 2.24) is 15.5 Å². The number of aromatic nitrogens is 2. The van der Waals surface area contributed by atoms with Gasteiger partial charge in [-0.15, -0.1) is 0 Å². The van der Waals surface area contributed by atoms with Crippen molar-refractivity contribution in [1.29, 1.82) is 0 Å². The first-order valence-electron chi connectivity index (χ1n) is 7.82. The molecule has 0 atom stereocenters. The Hall–Kier alpha value is -1.53. The molecule has 0 aromatic carbocycles. The molecule has 0 aliphatic heterocycles. The summed E-state index contributed by atoms with van der Waals surface area (Å²) in [6.07, 6.45) is 1.66. The van der Waals surface area contributed by atoms with Gasteiger partial charge in [-0.25, -0.2) is 8.78 Å². The quantitative estimate of drug-likeness (QED) is 0.903. The van der Waals surface area contributed by atoms with Crippen LogP contribution in [0.15, 0.2) is 4.52 Å². The zero-order chi connectivity index (χ0) is 16.4. The molecule has 2 rings (SSSR count). The highest BCUT2D eigenvalue weighted by molar-refractivity contribution is 5.73. The van der Waals surface area contributed by atoms with E-state index in [1.165, 1.54) is 6.92 Å². The zero-order valence-electron chi connectivity index (χ0n) is 13.3. The summed E-state index contributed by atoms with van der Waals surface area (Å²) in [5, 5.41) is 6.90. The monoisotopic (exact) mass is 315 g/mol. The number of carbonyl (C=O) groups excluding carboxylic acids is 1. The van der Waals surface area contributed by atoms with Gasteiger partial charge in [-0.3, -0.25) is 4.79 Å². The summed E-state index contributed by atoms with van der Waals surface area (Å²) in [5.41, 5.74) is -0.661. The Morgan fingerprint density at radius 3 is 2.45 bits per heavy atom. The van der Waals surface area contributed by atoms with Crippen LogP contribution in [-0.2, 0) is 10.3 Å². The van der Waals surface area contributed by atoms with Crippen LogP contribution in [0.1, 0.15) is 76.9 Å². The smallest absolute Gasteiger partial charge is 0.248 e. The van der Waals surface area contributed by atoms with Crippen LogP contribution in [0.4, 0.5) is 8.78 Å². The van der Waals surface area contributed by atoms with Crippen LogP contribution in [0.3, 0.4) is 0 Å². The van der Waals surface area contributed by atoms with Crippen molar-refractivity contribution < 1.29 is 18.1 Å². The number of rotatable bonds is 5. The first kappa shape index (κ1) is 16.8. The minimum atomic E-state index is -2.58. The molecule has 1 fully saturated rings. The van der Waals surface area contributed by atoms with Gasteiger partial charge >= 0.3 is 0 Å². The highest BCUT2D eigenvalue weighted by atomic mass is 19.3. The van der Waals surface area contributed by atoms with E-state index in [2.05, 4.69) is 15.5 Å². The molecular formula is C15H23F2N3O2. The Bertz CT molecular complexity index is 517. The van der Waals surface area contributed by atoms with E-state index in [0.29, 0.717) is 37.4 Å². The number of amides is 1. The van der Waals surface area contributed by atoms with Crippen molar-refractivity contribution in [3.63, 3.8) is 0 Å². The molecule has 5 nitrogen and oxygen atoms in total. The van der Waals surface area contributed by atoms with Gasteiger partial charge in [0.15, 0.2) is 5.82 Å². The predicted molar refractivity (Wildman–Crippen MR) is 76.5 cm³/mol. The van der Waals surface area contributed by atoms with Crippen molar-refractivity contribution in [3.8, 4) is 0 Å². The molecule has 1 aliphatic carbocycles. The number of hydrogen-bond donors (Lipinski definition) is 1. The summed E-state index contributed by atoms with van der Waals surface area (Å²) in [7, 11) is 0. The van der Waals surface area contributed by atoms with E-state index >= 15 is 0 Å². The number of carbonyl (C=O) groups is 1. The molecule has 1 aromatic rings. The van der Waals surface area contributed by atoms with Crippen molar-refractivity contribution in [2.75, 3.05) is 0 Å². The fourth-order valence-corrected chi connectivity index (χ4v) is 3.02. The van der Waals surface area contributed by atoms with E-state index in [1.54, 1.807) is 0 Å². The lowest BCUT2D eigenvalue weighted by Gasteiger charge is -2.29. The highest BCUT2D eigenvalue weighted by Gasteiger charge is 2.39. The van der Waals surface area contributed by atoms with Gasteiger partial charge in [0.2, 0.25) is 17.7 Å². The number of nitrogens with zero attached hydrogens (tertiary/aromatic N) is 2. The Morgan fingerprint density at radius 2 is 1.95 bits per heavy atom. The van der Waals surface area contributed by atoms with Crippen LogP contribution >= 0.6 is 0 Å². The minimum absolute atomic E-state index is 0.121. The summed E-state index contributed by atoms with van der Waals surface area (Å²) in [5.74, 6) is -2.02. The number of hydrogen-bond acceptors (Lipinski definition) is 4. The predicted octanol–water partition coefficient (Wildman–Crippen LogP) is 3.51. The SMILES string of the molecule is CCC(CC)(NC(C)=O)c1noc(C2CCC(F)(F)CC2)n1. The van der Waals surface area contributed by atoms with Crippen LogP contribution in [-0.4, -0.2) is 22.0 Å². The lowest BCUT2D eigenvalue weighted by Crippen LogP contribution is -2.45. The van der Waals surface area contributed by atoms with Gasteiger partial charge in [-0.1, -0.05) is 19.0 Å². The van der Waals surface area contributed by atoms with E-state index in [-0.39, 0.29) is 24.7 Å². The second-order valence-electron chi connectivity index (χ2n) is 6.06. The third-order valence-electron chi connectivity index (χ3n) is 4.56. The Morgan fingerprint density at radius 1 is 1.36 bits per heavy atom. The van der Waals surface area contributed by atoms with Crippen LogP contribution in [0, 0.1) is 0 Å². The van der Waals surface area contributed by atoms with E-state index < -0.39 is 11.5 Å². The molecule has 0 saturated heterocycles. The van der Waals surface area contributed by atoms with Gasteiger partial charge in [0.1, 0.15) is 5.54 Å². The van der Waals surface area contributed by atoms with Gasteiger partial charge in [0.25, 0.3) is 0 Å². The van der Waals surface area contributed by atoms with Gasteiger partial charge in [-0.05, 0) is 25.7 Å². The molecule has 22 heavy (non-hydrogen) atoms. The largest absolute Gasteiger partial charge is 0.343 e. The molecule has 1 saturated carbocycles. The average Bonchev–Trinajstić information content (AvgIpc) is 2.94. The van der Waals surface area contributed by atoms with Crippen LogP contribution in [0.2, 0.25) is 0 Å². The molecular weight excluding hydrogens is 292 g/mol. The molecule has 0 spiro atoms. The second-order valence-corrected chi connectivity index (χ2v) is 6.06. The number of halogens is 2. The van der Waals surface area contributed by atoms with E-state index in [0.717, 1.165) is 0 Å². The van der Waals surface area contributed by atoms with Gasteiger partial charge in [-0.2, -0.15) is 4.98 Å². The normalized spacial score (nSPS) is 19.1. The first-order chi connectivity index (χ1) is 10.3. The van der Waals surface area contributed by atoms with E-state index in [4.69, 9.17) is 4.52 Å². The molecule has 1 heterocycles.